The van der Waals surface area contributed by atoms with Gasteiger partial charge in [0.15, 0.2) is 0 Å². The van der Waals surface area contributed by atoms with Gasteiger partial charge in [-0.3, -0.25) is 0 Å². The van der Waals surface area contributed by atoms with Crippen LogP contribution in [0.2, 0.25) is 0 Å². The summed E-state index contributed by atoms with van der Waals surface area (Å²) in [6.45, 7) is 3.12. The molecule has 0 rings (SSSR count). The molecule has 0 aromatic rings. The molecule has 5 heavy (non-hydrogen) atoms. The molecule has 0 saturated carbocycles. The van der Waals surface area contributed by atoms with Gasteiger partial charge >= 0.3 is 0 Å². The summed E-state index contributed by atoms with van der Waals surface area (Å²) in [5, 5.41) is 7.51. The molecule has 24 valence electrons. The molecule has 0 N–H and O–H groups in total. The molecule has 0 spiro atoms. The minimum absolute atomic E-state index is 0. The van der Waals surface area contributed by atoms with Gasteiger partial charge in [0.2, 0.25) is 0 Å². The maximum absolute atomic E-state index is 7.51. The third kappa shape index (κ3) is 19.9. The van der Waals surface area contributed by atoms with Crippen LogP contribution < -0.4 is 0 Å². The third-order valence-electron chi connectivity index (χ3n) is 0.0913. The van der Waals surface area contributed by atoms with Crippen LogP contribution in [0.3, 0.4) is 0 Å². The number of allylic oxidation sites excluding steroid dienone is 1. The fraction of sp³-hybridized carbons (Fsp3) is 0. The largest absolute Gasteiger partial charge is 0.193 e. The monoisotopic (exact) mass is 127 g/mol. The first-order valence-electron chi connectivity index (χ1n) is 0.921. The van der Waals surface area contributed by atoms with Crippen LogP contribution in [0.5, 0.6) is 0 Å². The summed E-state index contributed by atoms with van der Waals surface area (Å²) in [7, 11) is 0. The van der Waals surface area contributed by atoms with Crippen LogP contribution in [0, 0.1) is 11.3 Å². The van der Waals surface area contributed by atoms with E-state index in [0.717, 1.165) is 0 Å². The molecule has 0 aromatic carbocycles. The van der Waals surface area contributed by atoms with Crippen molar-refractivity contribution >= 4 is 17.6 Å². The number of nitriles is 1. The Bertz CT molecular complexity index is 52.4. The summed E-state index contributed by atoms with van der Waals surface area (Å²) < 4.78 is 0. The van der Waals surface area contributed by atoms with Crippen molar-refractivity contribution in [3.63, 3.8) is 0 Å². The van der Waals surface area contributed by atoms with Crippen molar-refractivity contribution in [3.8, 4) is 6.07 Å². The molecule has 1 nitrogen and oxygen atoms in total. The normalized spacial score (nSPS) is 3.00. The smallest absolute Gasteiger partial charge is 0.0905 e. The Balaban J connectivity index is 0. The zero-order valence-electron chi connectivity index (χ0n) is 2.73. The van der Waals surface area contributed by atoms with Gasteiger partial charge in [0.1, 0.15) is 0 Å². The van der Waals surface area contributed by atoms with Crippen molar-refractivity contribution < 1.29 is 0 Å². The van der Waals surface area contributed by atoms with E-state index in [1.54, 1.807) is 6.07 Å². The molecule has 0 unspecified atom stereocenters. The van der Waals surface area contributed by atoms with Crippen molar-refractivity contribution in [1.82, 2.24) is 0 Å². The SMILES string of the molecule is C=CC#N.[Ge]. The van der Waals surface area contributed by atoms with E-state index in [1.807, 2.05) is 0 Å². The maximum atomic E-state index is 7.51. The molecule has 0 aromatic heterocycles. The van der Waals surface area contributed by atoms with Crippen molar-refractivity contribution in [2.75, 3.05) is 0 Å². The van der Waals surface area contributed by atoms with Crippen LogP contribution in [-0.4, -0.2) is 17.6 Å². The van der Waals surface area contributed by atoms with E-state index in [0.29, 0.717) is 0 Å². The molecule has 2 heteroatoms. The van der Waals surface area contributed by atoms with Crippen LogP contribution in [0.4, 0.5) is 0 Å². The minimum atomic E-state index is 0. The summed E-state index contributed by atoms with van der Waals surface area (Å²) in [5.74, 6) is 0. The second kappa shape index (κ2) is 9.23. The van der Waals surface area contributed by atoms with E-state index in [2.05, 4.69) is 6.58 Å². The van der Waals surface area contributed by atoms with Crippen LogP contribution in [0.15, 0.2) is 12.7 Å². The van der Waals surface area contributed by atoms with Crippen molar-refractivity contribution in [2.45, 2.75) is 0 Å². The minimum Gasteiger partial charge on any atom is -0.193 e. The zero-order valence-corrected chi connectivity index (χ0v) is 4.83. The van der Waals surface area contributed by atoms with Crippen LogP contribution in [-0.2, 0) is 0 Å². The third-order valence-corrected chi connectivity index (χ3v) is 0.0913. The molecule has 0 heterocycles. The molecular formula is C3H3GeN. The van der Waals surface area contributed by atoms with Crippen LogP contribution in [0.25, 0.3) is 0 Å². The Morgan fingerprint density at radius 3 is 2.00 bits per heavy atom. The predicted octanol–water partition coefficient (Wildman–Crippen LogP) is 0.315. The van der Waals surface area contributed by atoms with Gasteiger partial charge in [0, 0.05) is 23.7 Å². The van der Waals surface area contributed by atoms with Gasteiger partial charge in [-0.25, -0.2) is 0 Å². The quantitative estimate of drug-likeness (QED) is 0.338. The molecular weight excluding hydrogens is 123 g/mol. The van der Waals surface area contributed by atoms with Crippen LogP contribution in [0.1, 0.15) is 0 Å². The number of hydrogen-bond acceptors (Lipinski definition) is 1. The number of rotatable bonds is 0. The maximum Gasteiger partial charge on any atom is 0.0905 e. The van der Waals surface area contributed by atoms with E-state index in [1.165, 1.54) is 6.08 Å². The zero-order chi connectivity index (χ0) is 3.41. The Morgan fingerprint density at radius 2 is 2.00 bits per heavy atom. The molecule has 0 aliphatic carbocycles. The first kappa shape index (κ1) is 8.84. The van der Waals surface area contributed by atoms with Crippen molar-refractivity contribution in [2.24, 2.45) is 0 Å². The topological polar surface area (TPSA) is 23.8 Å². The Hall–Kier alpha value is -0.227. The van der Waals surface area contributed by atoms with Gasteiger partial charge in [0.25, 0.3) is 0 Å². The number of hydrogen-bond donors (Lipinski definition) is 0. The fourth-order valence-corrected chi connectivity index (χ4v) is 0. The van der Waals surface area contributed by atoms with Crippen molar-refractivity contribution in [1.29, 1.82) is 5.26 Å². The first-order chi connectivity index (χ1) is 1.91. The molecule has 4 radical (unpaired) electrons. The summed E-state index contributed by atoms with van der Waals surface area (Å²) in [4.78, 5) is 0. The summed E-state index contributed by atoms with van der Waals surface area (Å²) >= 11 is 0. The standard InChI is InChI=1S/C3H3N.Ge/c1-2-3-4;/h2H,1H2;. The molecule has 0 aliphatic rings. The molecule has 0 fully saturated rings. The average molecular weight is 126 g/mol. The number of nitrogens with zero attached hydrogens (tertiary/aromatic N) is 1. The Kier molecular flexibility index (Phi) is 16.3. The van der Waals surface area contributed by atoms with E-state index in [-0.39, 0.29) is 17.6 Å². The van der Waals surface area contributed by atoms with Gasteiger partial charge in [-0.15, -0.1) is 0 Å². The van der Waals surface area contributed by atoms with Gasteiger partial charge in [-0.1, -0.05) is 6.58 Å². The second-order valence-electron chi connectivity index (χ2n) is 0.333. The Morgan fingerprint density at radius 1 is 1.80 bits per heavy atom. The van der Waals surface area contributed by atoms with Gasteiger partial charge < -0.3 is 0 Å². The van der Waals surface area contributed by atoms with Gasteiger partial charge in [-0.05, 0) is 0 Å². The van der Waals surface area contributed by atoms with E-state index < -0.39 is 0 Å². The summed E-state index contributed by atoms with van der Waals surface area (Å²) in [6, 6.07) is 1.69. The first-order valence-corrected chi connectivity index (χ1v) is 0.921. The van der Waals surface area contributed by atoms with Crippen molar-refractivity contribution in [3.05, 3.63) is 12.7 Å². The average Bonchev–Trinajstić information content (AvgIpc) is 1.37. The molecule has 0 saturated heterocycles. The Labute approximate surface area is 42.3 Å². The predicted molar refractivity (Wildman–Crippen MR) is 21.6 cm³/mol. The summed E-state index contributed by atoms with van der Waals surface area (Å²) in [6.07, 6.45) is 1.18. The summed E-state index contributed by atoms with van der Waals surface area (Å²) in [5.41, 5.74) is 0. The molecule has 0 atom stereocenters. The van der Waals surface area contributed by atoms with E-state index in [4.69, 9.17) is 5.26 Å². The van der Waals surface area contributed by atoms with Gasteiger partial charge in [-0.2, -0.15) is 5.26 Å². The van der Waals surface area contributed by atoms with Crippen LogP contribution >= 0.6 is 0 Å². The van der Waals surface area contributed by atoms with Gasteiger partial charge in [0.05, 0.1) is 6.07 Å². The second-order valence-corrected chi connectivity index (χ2v) is 0.333. The molecule has 0 bridgehead atoms. The van der Waals surface area contributed by atoms with E-state index >= 15 is 0 Å². The molecule has 0 aliphatic heterocycles. The molecule has 0 amide bonds. The van der Waals surface area contributed by atoms with E-state index in [9.17, 15) is 0 Å². The fourth-order valence-electron chi connectivity index (χ4n) is 0.